The maximum atomic E-state index is 14.2. The third-order valence-electron chi connectivity index (χ3n) is 5.87. The molecule has 0 aliphatic carbocycles. The Morgan fingerprint density at radius 1 is 1.21 bits per heavy atom. The maximum Gasteiger partial charge on any atom is 0.225 e. The molecule has 3 aromatic rings. The van der Waals surface area contributed by atoms with Crippen molar-refractivity contribution in [3.05, 3.63) is 71.5 Å². The molecule has 1 fully saturated rings. The van der Waals surface area contributed by atoms with E-state index in [4.69, 9.17) is 5.26 Å². The number of nitriles is 1. The molecule has 2 unspecified atom stereocenters. The Morgan fingerprint density at radius 2 is 2.00 bits per heavy atom. The Labute approximate surface area is 192 Å². The van der Waals surface area contributed by atoms with E-state index in [2.05, 4.69) is 32.4 Å². The first-order valence-electron chi connectivity index (χ1n) is 10.8. The van der Waals surface area contributed by atoms with Gasteiger partial charge in [0.2, 0.25) is 11.9 Å². The molecule has 168 valence electrons. The van der Waals surface area contributed by atoms with Crippen LogP contribution in [-0.2, 0) is 11.3 Å². The highest BCUT2D eigenvalue weighted by atomic mass is 19.1. The van der Waals surface area contributed by atoms with Crippen molar-refractivity contribution in [1.29, 1.82) is 5.26 Å². The van der Waals surface area contributed by atoms with Gasteiger partial charge in [-0.1, -0.05) is 36.4 Å². The molecule has 0 radical (unpaired) electrons. The van der Waals surface area contributed by atoms with E-state index in [9.17, 15) is 9.18 Å². The molecule has 1 amide bonds. The summed E-state index contributed by atoms with van der Waals surface area (Å²) in [6.45, 7) is 3.09. The van der Waals surface area contributed by atoms with Crippen molar-refractivity contribution in [3.63, 3.8) is 0 Å². The topological polar surface area (TPSA) is 93.9 Å². The first-order valence-corrected chi connectivity index (χ1v) is 10.8. The van der Waals surface area contributed by atoms with Gasteiger partial charge in [0.1, 0.15) is 17.7 Å². The molecule has 1 saturated heterocycles. The second kappa shape index (κ2) is 9.65. The number of amides is 1. The molecular formula is C25H25FN6O. The summed E-state index contributed by atoms with van der Waals surface area (Å²) in [4.78, 5) is 23.9. The minimum atomic E-state index is -0.592. The molecule has 2 N–H and O–H groups in total. The van der Waals surface area contributed by atoms with Crippen LogP contribution in [0.5, 0.6) is 0 Å². The number of carbonyl (C=O) groups excluding carboxylic acids is 1. The van der Waals surface area contributed by atoms with Crippen LogP contribution in [0.4, 0.5) is 16.2 Å². The van der Waals surface area contributed by atoms with Gasteiger partial charge in [-0.2, -0.15) is 10.2 Å². The average Bonchev–Trinajstić information content (AvgIpc) is 3.24. The van der Waals surface area contributed by atoms with E-state index in [0.717, 1.165) is 5.56 Å². The van der Waals surface area contributed by atoms with Crippen LogP contribution in [0.1, 0.15) is 24.5 Å². The van der Waals surface area contributed by atoms with E-state index >= 15 is 0 Å². The normalized spacial score (nSPS) is 17.5. The molecule has 2 aromatic carbocycles. The van der Waals surface area contributed by atoms with E-state index in [1.165, 1.54) is 12.1 Å². The summed E-state index contributed by atoms with van der Waals surface area (Å²) < 4.78 is 14.2. The number of anilines is 2. The van der Waals surface area contributed by atoms with Crippen molar-refractivity contribution in [1.82, 2.24) is 15.3 Å². The van der Waals surface area contributed by atoms with Gasteiger partial charge in [-0.3, -0.25) is 4.79 Å². The van der Waals surface area contributed by atoms with Crippen molar-refractivity contribution in [2.75, 3.05) is 23.8 Å². The van der Waals surface area contributed by atoms with Crippen LogP contribution in [-0.4, -0.2) is 35.5 Å². The molecule has 0 spiro atoms. The summed E-state index contributed by atoms with van der Waals surface area (Å²) in [5.74, 6) is 0.334. The van der Waals surface area contributed by atoms with E-state index in [0.29, 0.717) is 42.5 Å². The highest BCUT2D eigenvalue weighted by molar-refractivity contribution is 5.80. The fourth-order valence-electron chi connectivity index (χ4n) is 4.08. The Kier molecular flexibility index (Phi) is 6.50. The summed E-state index contributed by atoms with van der Waals surface area (Å²) in [5, 5.41) is 15.0. The van der Waals surface area contributed by atoms with Gasteiger partial charge in [0.25, 0.3) is 0 Å². The fraction of sp³-hybridized carbons (Fsp3) is 0.280. The van der Waals surface area contributed by atoms with Gasteiger partial charge in [0, 0.05) is 37.8 Å². The second-order valence-corrected chi connectivity index (χ2v) is 8.13. The quantitative estimate of drug-likeness (QED) is 0.602. The molecule has 1 aliphatic rings. The van der Waals surface area contributed by atoms with E-state index < -0.39 is 5.82 Å². The van der Waals surface area contributed by atoms with Crippen LogP contribution >= 0.6 is 0 Å². The van der Waals surface area contributed by atoms with Crippen LogP contribution in [0, 0.1) is 23.1 Å². The first-order chi connectivity index (χ1) is 16.0. The Morgan fingerprint density at radius 3 is 2.70 bits per heavy atom. The summed E-state index contributed by atoms with van der Waals surface area (Å²) in [6, 6.07) is 18.0. The zero-order valence-electron chi connectivity index (χ0n) is 18.5. The smallest absolute Gasteiger partial charge is 0.225 e. The number of benzene rings is 2. The van der Waals surface area contributed by atoms with Crippen LogP contribution in [0.25, 0.3) is 11.3 Å². The van der Waals surface area contributed by atoms with Crippen molar-refractivity contribution >= 4 is 17.7 Å². The average molecular weight is 445 g/mol. The molecule has 2 atom stereocenters. The monoisotopic (exact) mass is 444 g/mol. The lowest BCUT2D eigenvalue weighted by molar-refractivity contribution is -0.124. The van der Waals surface area contributed by atoms with Crippen LogP contribution in [0.3, 0.4) is 0 Å². The summed E-state index contributed by atoms with van der Waals surface area (Å²) in [5.41, 5.74) is 2.13. The maximum absolute atomic E-state index is 14.2. The summed E-state index contributed by atoms with van der Waals surface area (Å²) in [7, 11) is 1.72. The summed E-state index contributed by atoms with van der Waals surface area (Å²) >= 11 is 0. The van der Waals surface area contributed by atoms with Crippen molar-refractivity contribution in [3.8, 4) is 17.3 Å². The van der Waals surface area contributed by atoms with Gasteiger partial charge >= 0.3 is 0 Å². The molecule has 1 aromatic heterocycles. The van der Waals surface area contributed by atoms with Gasteiger partial charge in [-0.15, -0.1) is 0 Å². The Bertz CT molecular complexity index is 1190. The van der Waals surface area contributed by atoms with Gasteiger partial charge < -0.3 is 15.5 Å². The first kappa shape index (κ1) is 22.2. The molecule has 0 saturated carbocycles. The molecule has 2 heterocycles. The molecule has 4 rings (SSSR count). The number of aromatic nitrogens is 2. The molecule has 8 heteroatoms. The number of hydrogen-bond donors (Lipinski definition) is 2. The Balaban J connectivity index is 1.53. The molecule has 0 bridgehead atoms. The van der Waals surface area contributed by atoms with E-state index in [1.807, 2.05) is 36.4 Å². The minimum Gasteiger partial charge on any atom is -0.357 e. The SMILES string of the molecule is CNc1nc(-c2ccc(C#N)c(F)c2)cc(N2CC(C(=O)NCc3ccccc3)CC2C)n1. The standard InChI is InChI=1S/C25H25FN6O/c1-16-10-20(24(33)29-14-17-6-4-3-5-7-17)15-32(16)23-12-22(30-25(28-2)31-23)18-8-9-19(13-27)21(26)11-18/h3-9,11-12,16,20H,10,14-15H2,1-2H3,(H,29,33)(H,28,30,31). The summed E-state index contributed by atoms with van der Waals surface area (Å²) in [6.07, 6.45) is 0.709. The molecule has 1 aliphatic heterocycles. The van der Waals surface area contributed by atoms with Crippen LogP contribution in [0.2, 0.25) is 0 Å². The highest BCUT2D eigenvalue weighted by Gasteiger charge is 2.34. The number of carbonyl (C=O) groups is 1. The predicted octanol–water partition coefficient (Wildman–Crippen LogP) is 3.73. The second-order valence-electron chi connectivity index (χ2n) is 8.13. The third kappa shape index (κ3) is 4.93. The van der Waals surface area contributed by atoms with Crippen LogP contribution < -0.4 is 15.5 Å². The fourth-order valence-corrected chi connectivity index (χ4v) is 4.08. The molecule has 33 heavy (non-hydrogen) atoms. The lowest BCUT2D eigenvalue weighted by Gasteiger charge is -2.23. The van der Waals surface area contributed by atoms with Crippen LogP contribution in [0.15, 0.2) is 54.6 Å². The number of halogens is 1. The molecule has 7 nitrogen and oxygen atoms in total. The number of rotatable bonds is 6. The van der Waals surface area contributed by atoms with Crippen molar-refractivity contribution in [2.24, 2.45) is 5.92 Å². The number of nitrogens with one attached hydrogen (secondary N) is 2. The molecular weight excluding hydrogens is 419 g/mol. The Hall–Kier alpha value is -3.99. The van der Waals surface area contributed by atoms with Gasteiger partial charge in [-0.05, 0) is 31.0 Å². The number of hydrogen-bond acceptors (Lipinski definition) is 6. The van der Waals surface area contributed by atoms with Gasteiger partial charge in [-0.25, -0.2) is 9.37 Å². The predicted molar refractivity (Wildman–Crippen MR) is 125 cm³/mol. The lowest BCUT2D eigenvalue weighted by Crippen LogP contribution is -2.33. The lowest BCUT2D eigenvalue weighted by atomic mass is 10.1. The van der Waals surface area contributed by atoms with Gasteiger partial charge in [0.05, 0.1) is 17.2 Å². The zero-order valence-corrected chi connectivity index (χ0v) is 18.5. The van der Waals surface area contributed by atoms with Gasteiger partial charge in [0.15, 0.2) is 0 Å². The highest BCUT2D eigenvalue weighted by Crippen LogP contribution is 2.31. The third-order valence-corrected chi connectivity index (χ3v) is 5.87. The van der Waals surface area contributed by atoms with Crippen molar-refractivity contribution in [2.45, 2.75) is 25.9 Å². The largest absolute Gasteiger partial charge is 0.357 e. The zero-order chi connectivity index (χ0) is 23.4. The van der Waals surface area contributed by atoms with Crippen molar-refractivity contribution < 1.29 is 9.18 Å². The van der Waals surface area contributed by atoms with E-state index in [-0.39, 0.29) is 23.4 Å². The minimum absolute atomic E-state index is 0.0145. The van der Waals surface area contributed by atoms with E-state index in [1.54, 1.807) is 19.2 Å². The number of nitrogens with zero attached hydrogens (tertiary/aromatic N) is 4.